The number of amides is 1. The summed E-state index contributed by atoms with van der Waals surface area (Å²) in [7, 11) is 1.62. The van der Waals surface area contributed by atoms with Gasteiger partial charge in [0.1, 0.15) is 17.3 Å². The Morgan fingerprint density at radius 1 is 0.931 bits per heavy atom. The Kier molecular flexibility index (Phi) is 5.56. The van der Waals surface area contributed by atoms with Gasteiger partial charge in [0.2, 0.25) is 0 Å². The molecule has 4 rings (SSSR count). The van der Waals surface area contributed by atoms with Gasteiger partial charge in [-0.1, -0.05) is 30.3 Å². The maximum absolute atomic E-state index is 12.8. The molecule has 148 valence electrons. The molecule has 1 aliphatic heterocycles. The fraction of sp³-hybridized carbons (Fsp3) is 0.227. The Bertz CT molecular complexity index is 954. The van der Waals surface area contributed by atoms with Crippen molar-refractivity contribution >= 4 is 23.1 Å². The molecule has 2 heterocycles. The summed E-state index contributed by atoms with van der Waals surface area (Å²) in [4.78, 5) is 25.5. The van der Waals surface area contributed by atoms with Gasteiger partial charge in [0, 0.05) is 31.9 Å². The van der Waals surface area contributed by atoms with Crippen LogP contribution in [-0.4, -0.2) is 54.1 Å². The second-order valence-corrected chi connectivity index (χ2v) is 6.73. The van der Waals surface area contributed by atoms with Crippen molar-refractivity contribution < 1.29 is 9.53 Å². The van der Waals surface area contributed by atoms with Crippen molar-refractivity contribution in [3.8, 4) is 5.75 Å². The Morgan fingerprint density at radius 2 is 1.66 bits per heavy atom. The van der Waals surface area contributed by atoms with Crippen molar-refractivity contribution in [3.05, 3.63) is 72.7 Å². The van der Waals surface area contributed by atoms with E-state index in [0.29, 0.717) is 30.4 Å². The van der Waals surface area contributed by atoms with E-state index in [1.165, 1.54) is 11.9 Å². The van der Waals surface area contributed by atoms with Crippen molar-refractivity contribution in [1.82, 2.24) is 14.9 Å². The number of nitrogens with zero attached hydrogens (tertiary/aromatic N) is 4. The Labute approximate surface area is 170 Å². The number of nitrogens with one attached hydrogen (secondary N) is 1. The van der Waals surface area contributed by atoms with Gasteiger partial charge in [0.25, 0.3) is 5.91 Å². The van der Waals surface area contributed by atoms with E-state index in [1.807, 2.05) is 47.4 Å². The summed E-state index contributed by atoms with van der Waals surface area (Å²) in [6, 6.07) is 17.8. The van der Waals surface area contributed by atoms with Crippen LogP contribution in [0.2, 0.25) is 0 Å². The third kappa shape index (κ3) is 4.29. The number of carbonyl (C=O) groups excluding carboxylic acids is 1. The molecule has 0 aliphatic carbocycles. The van der Waals surface area contributed by atoms with Crippen LogP contribution in [0.15, 0.2) is 67.0 Å². The van der Waals surface area contributed by atoms with Crippen molar-refractivity contribution in [1.29, 1.82) is 0 Å². The Hall–Kier alpha value is -3.61. The number of carbonyl (C=O) groups is 1. The van der Waals surface area contributed by atoms with Crippen molar-refractivity contribution in [2.24, 2.45) is 0 Å². The van der Waals surface area contributed by atoms with Gasteiger partial charge in [-0.3, -0.25) is 4.79 Å². The first-order valence-corrected chi connectivity index (χ1v) is 9.56. The number of para-hydroxylation sites is 3. The van der Waals surface area contributed by atoms with E-state index in [-0.39, 0.29) is 5.91 Å². The molecule has 29 heavy (non-hydrogen) atoms. The first-order chi connectivity index (χ1) is 14.2. The second kappa shape index (κ2) is 8.60. The van der Waals surface area contributed by atoms with Crippen LogP contribution in [0.4, 0.5) is 17.2 Å². The van der Waals surface area contributed by atoms with Gasteiger partial charge < -0.3 is 19.9 Å². The van der Waals surface area contributed by atoms with Gasteiger partial charge in [-0.15, -0.1) is 0 Å². The van der Waals surface area contributed by atoms with Crippen LogP contribution >= 0.6 is 0 Å². The largest absolute Gasteiger partial charge is 0.495 e. The molecule has 1 aliphatic rings. The first-order valence-electron chi connectivity index (χ1n) is 9.56. The lowest BCUT2D eigenvalue weighted by Crippen LogP contribution is -2.49. The highest BCUT2D eigenvalue weighted by molar-refractivity contribution is 5.92. The fourth-order valence-corrected chi connectivity index (χ4v) is 3.36. The van der Waals surface area contributed by atoms with E-state index < -0.39 is 0 Å². The molecule has 7 heteroatoms. The quantitative estimate of drug-likeness (QED) is 0.723. The average Bonchev–Trinajstić information content (AvgIpc) is 2.80. The van der Waals surface area contributed by atoms with Gasteiger partial charge in [-0.25, -0.2) is 9.97 Å². The van der Waals surface area contributed by atoms with E-state index in [9.17, 15) is 4.79 Å². The van der Waals surface area contributed by atoms with Gasteiger partial charge in [-0.05, 0) is 24.3 Å². The van der Waals surface area contributed by atoms with Crippen LogP contribution in [0.5, 0.6) is 5.75 Å². The fourth-order valence-electron chi connectivity index (χ4n) is 3.36. The molecule has 0 bridgehead atoms. The van der Waals surface area contributed by atoms with E-state index in [1.54, 1.807) is 13.3 Å². The first kappa shape index (κ1) is 18.7. The third-order valence-electron chi connectivity index (χ3n) is 4.93. The maximum Gasteiger partial charge on any atom is 0.274 e. The number of hydrogen-bond acceptors (Lipinski definition) is 6. The van der Waals surface area contributed by atoms with Gasteiger partial charge >= 0.3 is 0 Å². The molecule has 3 aromatic rings. The zero-order valence-electron chi connectivity index (χ0n) is 16.3. The summed E-state index contributed by atoms with van der Waals surface area (Å²) < 4.78 is 5.32. The van der Waals surface area contributed by atoms with E-state index in [2.05, 4.69) is 32.3 Å². The number of hydrogen-bond donors (Lipinski definition) is 1. The minimum absolute atomic E-state index is 0.0888. The van der Waals surface area contributed by atoms with Crippen LogP contribution in [-0.2, 0) is 0 Å². The highest BCUT2D eigenvalue weighted by atomic mass is 16.5. The average molecular weight is 389 g/mol. The monoisotopic (exact) mass is 389 g/mol. The van der Waals surface area contributed by atoms with Crippen LogP contribution in [0.3, 0.4) is 0 Å². The molecule has 0 spiro atoms. The van der Waals surface area contributed by atoms with Crippen LogP contribution in [0.1, 0.15) is 10.5 Å². The molecule has 0 radical (unpaired) electrons. The van der Waals surface area contributed by atoms with Gasteiger partial charge in [0.05, 0.1) is 25.2 Å². The SMILES string of the molecule is COc1ccccc1Nc1cnc(C(=O)N2CCN(c3ccccc3)CC2)cn1. The highest BCUT2D eigenvalue weighted by Crippen LogP contribution is 2.25. The molecule has 1 aromatic heterocycles. The third-order valence-corrected chi connectivity index (χ3v) is 4.93. The second-order valence-electron chi connectivity index (χ2n) is 6.73. The van der Waals surface area contributed by atoms with Gasteiger partial charge in [-0.2, -0.15) is 0 Å². The highest BCUT2D eigenvalue weighted by Gasteiger charge is 2.23. The van der Waals surface area contributed by atoms with Crippen LogP contribution < -0.4 is 15.0 Å². The summed E-state index contributed by atoms with van der Waals surface area (Å²) in [5.74, 6) is 1.18. The molecule has 0 unspecified atom stereocenters. The van der Waals surface area contributed by atoms with Crippen molar-refractivity contribution in [2.45, 2.75) is 0 Å². The van der Waals surface area contributed by atoms with Crippen LogP contribution in [0.25, 0.3) is 0 Å². The molecule has 1 N–H and O–H groups in total. The minimum atomic E-state index is -0.0888. The number of ether oxygens (including phenoxy) is 1. The zero-order chi connectivity index (χ0) is 20.1. The topological polar surface area (TPSA) is 70.6 Å². The van der Waals surface area contributed by atoms with E-state index >= 15 is 0 Å². The smallest absolute Gasteiger partial charge is 0.274 e. The molecule has 0 saturated carbocycles. The lowest BCUT2D eigenvalue weighted by Gasteiger charge is -2.35. The lowest BCUT2D eigenvalue weighted by molar-refractivity contribution is 0.0740. The van der Waals surface area contributed by atoms with Crippen molar-refractivity contribution in [3.63, 3.8) is 0 Å². The number of aromatic nitrogens is 2. The molecule has 7 nitrogen and oxygen atoms in total. The van der Waals surface area contributed by atoms with Crippen LogP contribution in [0, 0.1) is 0 Å². The number of piperazine rings is 1. The van der Waals surface area contributed by atoms with Gasteiger partial charge in [0.15, 0.2) is 0 Å². The molecule has 1 fully saturated rings. The van der Waals surface area contributed by atoms with E-state index in [0.717, 1.165) is 18.8 Å². The normalized spacial score (nSPS) is 13.8. The Morgan fingerprint density at radius 3 is 2.34 bits per heavy atom. The zero-order valence-corrected chi connectivity index (χ0v) is 16.3. The summed E-state index contributed by atoms with van der Waals surface area (Å²) in [6.07, 6.45) is 3.09. The summed E-state index contributed by atoms with van der Waals surface area (Å²) in [5.41, 5.74) is 2.33. The van der Waals surface area contributed by atoms with E-state index in [4.69, 9.17) is 4.74 Å². The lowest BCUT2D eigenvalue weighted by atomic mass is 10.2. The predicted octanol–water partition coefficient (Wildman–Crippen LogP) is 3.19. The molecule has 2 aromatic carbocycles. The number of rotatable bonds is 5. The molecular weight excluding hydrogens is 366 g/mol. The molecular formula is C22H23N5O2. The summed E-state index contributed by atoms with van der Waals surface area (Å²) >= 11 is 0. The molecule has 1 saturated heterocycles. The number of anilines is 3. The molecule has 1 amide bonds. The standard InChI is InChI=1S/C22H23N5O2/c1-29-20-10-6-5-9-18(20)25-21-16-23-19(15-24-21)22(28)27-13-11-26(12-14-27)17-7-3-2-4-8-17/h2-10,15-16H,11-14H2,1H3,(H,24,25). The van der Waals surface area contributed by atoms with Crippen molar-refractivity contribution in [2.75, 3.05) is 43.5 Å². The predicted molar refractivity (Wildman–Crippen MR) is 113 cm³/mol. The number of benzene rings is 2. The summed E-state index contributed by atoms with van der Waals surface area (Å²) in [5, 5.41) is 3.16. The minimum Gasteiger partial charge on any atom is -0.495 e. The Balaban J connectivity index is 1.37. The maximum atomic E-state index is 12.8. The summed E-state index contributed by atoms with van der Waals surface area (Å²) in [6.45, 7) is 2.93. The molecule has 0 atom stereocenters. The number of methoxy groups -OCH3 is 1.